The Morgan fingerprint density at radius 2 is 2.11 bits per heavy atom. The average molecular weight is 376 g/mol. The molecule has 6 nitrogen and oxygen atoms in total. The van der Waals surface area contributed by atoms with E-state index in [0.29, 0.717) is 23.4 Å². The predicted molar refractivity (Wildman–Crippen MR) is 105 cm³/mol. The van der Waals surface area contributed by atoms with Crippen molar-refractivity contribution >= 4 is 22.9 Å². The van der Waals surface area contributed by atoms with Crippen LogP contribution >= 0.6 is 11.3 Å². The molecule has 0 saturated heterocycles. The molecule has 0 unspecified atom stereocenters. The summed E-state index contributed by atoms with van der Waals surface area (Å²) in [6, 6.07) is 10.8. The lowest BCUT2D eigenvalue weighted by Gasteiger charge is -2.09. The fourth-order valence-electron chi connectivity index (χ4n) is 2.86. The number of amides is 1. The number of thiophene rings is 1. The highest BCUT2D eigenvalue weighted by Crippen LogP contribution is 2.24. The van der Waals surface area contributed by atoms with Gasteiger partial charge in [0.2, 0.25) is 0 Å². The number of nitrogens with one attached hydrogen (secondary N) is 1. The molecule has 1 N–H and O–H groups in total. The van der Waals surface area contributed by atoms with Crippen molar-refractivity contribution in [2.24, 2.45) is 0 Å². The minimum absolute atomic E-state index is 0.208. The topological polar surface area (TPSA) is 76.4 Å². The number of aryl methyl sites for hydroxylation is 1. The Kier molecular flexibility index (Phi) is 4.52. The Balaban J connectivity index is 1.58. The second-order valence-electron chi connectivity index (χ2n) is 6.09. The van der Waals surface area contributed by atoms with E-state index in [0.717, 1.165) is 16.0 Å². The van der Waals surface area contributed by atoms with E-state index in [1.54, 1.807) is 49.0 Å². The zero-order valence-corrected chi connectivity index (χ0v) is 15.4. The Hall–Kier alpha value is -3.32. The molecular formula is C20H16N4O2S. The molecular weight excluding hydrogens is 360 g/mol. The summed E-state index contributed by atoms with van der Waals surface area (Å²) in [4.78, 5) is 34.5. The van der Waals surface area contributed by atoms with Gasteiger partial charge in [0.05, 0.1) is 5.56 Å². The van der Waals surface area contributed by atoms with Crippen LogP contribution in [0, 0.1) is 6.92 Å². The normalized spacial score (nSPS) is 10.9. The van der Waals surface area contributed by atoms with E-state index >= 15 is 0 Å². The van der Waals surface area contributed by atoms with Gasteiger partial charge in [0.1, 0.15) is 0 Å². The monoisotopic (exact) mass is 376 g/mol. The van der Waals surface area contributed by atoms with Gasteiger partial charge < -0.3 is 5.32 Å². The number of carbonyl (C=O) groups is 1. The smallest absolute Gasteiger partial charge is 0.258 e. The van der Waals surface area contributed by atoms with Gasteiger partial charge >= 0.3 is 0 Å². The van der Waals surface area contributed by atoms with Gasteiger partial charge in [-0.25, -0.2) is 4.98 Å². The summed E-state index contributed by atoms with van der Waals surface area (Å²) in [5, 5.41) is 4.90. The molecule has 0 aromatic carbocycles. The summed E-state index contributed by atoms with van der Waals surface area (Å²) in [6.45, 7) is 2.07. The zero-order valence-electron chi connectivity index (χ0n) is 14.5. The molecule has 0 bridgehead atoms. The standard InChI is InChI=1S/C20H16N4O2S/c1-13-8-18(25)24-6-2-4-16(19(24)23-13)20(26)22-11-14-9-15(12-21-10-14)17-5-3-7-27-17/h2-10,12H,11H2,1H3,(H,22,26). The van der Waals surface area contributed by atoms with E-state index in [1.807, 2.05) is 23.6 Å². The van der Waals surface area contributed by atoms with E-state index in [1.165, 1.54) is 10.5 Å². The van der Waals surface area contributed by atoms with Gasteiger partial charge in [0.15, 0.2) is 5.65 Å². The van der Waals surface area contributed by atoms with Gasteiger partial charge in [-0.15, -0.1) is 11.3 Å². The Bertz CT molecular complexity index is 1180. The molecule has 0 aliphatic rings. The molecule has 0 fully saturated rings. The van der Waals surface area contributed by atoms with Crippen molar-refractivity contribution in [2.45, 2.75) is 13.5 Å². The van der Waals surface area contributed by atoms with Gasteiger partial charge in [0, 0.05) is 47.3 Å². The number of carbonyl (C=O) groups excluding carboxylic acids is 1. The fraction of sp³-hybridized carbons (Fsp3) is 0.100. The van der Waals surface area contributed by atoms with Crippen LogP contribution in [0.1, 0.15) is 21.6 Å². The maximum atomic E-state index is 12.7. The van der Waals surface area contributed by atoms with Crippen molar-refractivity contribution in [1.29, 1.82) is 0 Å². The fourth-order valence-corrected chi connectivity index (χ4v) is 3.56. The van der Waals surface area contributed by atoms with Gasteiger partial charge in [-0.05, 0) is 42.1 Å². The molecule has 0 saturated carbocycles. The summed E-state index contributed by atoms with van der Waals surface area (Å²) >= 11 is 1.64. The lowest BCUT2D eigenvalue weighted by molar-refractivity contribution is 0.0952. The highest BCUT2D eigenvalue weighted by molar-refractivity contribution is 7.13. The Labute approximate surface area is 159 Å². The van der Waals surface area contributed by atoms with E-state index in [2.05, 4.69) is 15.3 Å². The maximum absolute atomic E-state index is 12.7. The molecule has 0 aliphatic heterocycles. The van der Waals surface area contributed by atoms with Crippen LogP contribution < -0.4 is 10.9 Å². The van der Waals surface area contributed by atoms with Crippen LogP contribution in [0.3, 0.4) is 0 Å². The second kappa shape index (κ2) is 7.13. The van der Waals surface area contributed by atoms with Crippen LogP contribution in [0.2, 0.25) is 0 Å². The first-order valence-corrected chi connectivity index (χ1v) is 9.25. The summed E-state index contributed by atoms with van der Waals surface area (Å²) in [5.41, 5.74) is 3.00. The van der Waals surface area contributed by atoms with Gasteiger partial charge in [0.25, 0.3) is 11.5 Å². The molecule has 4 aromatic rings. The minimum Gasteiger partial charge on any atom is -0.348 e. The highest BCUT2D eigenvalue weighted by atomic mass is 32.1. The number of pyridine rings is 2. The second-order valence-corrected chi connectivity index (χ2v) is 7.04. The van der Waals surface area contributed by atoms with Crippen LogP contribution in [0.5, 0.6) is 0 Å². The number of fused-ring (bicyclic) bond motifs is 1. The van der Waals surface area contributed by atoms with E-state index in [9.17, 15) is 9.59 Å². The minimum atomic E-state index is -0.285. The quantitative estimate of drug-likeness (QED) is 0.594. The Morgan fingerprint density at radius 1 is 1.22 bits per heavy atom. The van der Waals surface area contributed by atoms with Gasteiger partial charge in [-0.1, -0.05) is 6.07 Å². The number of rotatable bonds is 4. The molecule has 0 atom stereocenters. The zero-order chi connectivity index (χ0) is 18.8. The third-order valence-electron chi connectivity index (χ3n) is 4.12. The molecule has 4 aromatic heterocycles. The number of hydrogen-bond acceptors (Lipinski definition) is 5. The molecule has 0 aliphatic carbocycles. The van der Waals surface area contributed by atoms with Crippen molar-refractivity contribution in [3.8, 4) is 10.4 Å². The predicted octanol–water partition coefficient (Wildman–Crippen LogP) is 3.06. The molecule has 1 amide bonds. The molecule has 4 rings (SSSR count). The van der Waals surface area contributed by atoms with Crippen LogP contribution in [0.25, 0.3) is 16.1 Å². The van der Waals surface area contributed by atoms with Crippen LogP contribution in [0.4, 0.5) is 0 Å². The molecule has 0 radical (unpaired) electrons. The summed E-state index contributed by atoms with van der Waals surface area (Å²) in [6.07, 6.45) is 5.14. The van der Waals surface area contributed by atoms with Crippen molar-refractivity contribution in [1.82, 2.24) is 19.7 Å². The van der Waals surface area contributed by atoms with Crippen molar-refractivity contribution in [3.63, 3.8) is 0 Å². The van der Waals surface area contributed by atoms with Gasteiger partial charge in [-0.3, -0.25) is 19.0 Å². The first kappa shape index (κ1) is 17.1. The number of nitrogens with zero attached hydrogens (tertiary/aromatic N) is 3. The highest BCUT2D eigenvalue weighted by Gasteiger charge is 2.13. The molecule has 27 heavy (non-hydrogen) atoms. The van der Waals surface area contributed by atoms with Gasteiger partial charge in [-0.2, -0.15) is 0 Å². The number of hydrogen-bond donors (Lipinski definition) is 1. The molecule has 7 heteroatoms. The molecule has 134 valence electrons. The van der Waals surface area contributed by atoms with E-state index < -0.39 is 0 Å². The lowest BCUT2D eigenvalue weighted by Crippen LogP contribution is -2.25. The summed E-state index contributed by atoms with van der Waals surface area (Å²) < 4.78 is 1.38. The van der Waals surface area contributed by atoms with Crippen LogP contribution in [-0.4, -0.2) is 20.3 Å². The third kappa shape index (κ3) is 3.50. The van der Waals surface area contributed by atoms with Crippen molar-refractivity contribution in [3.05, 3.63) is 87.5 Å². The number of aromatic nitrogens is 3. The summed E-state index contributed by atoms with van der Waals surface area (Å²) in [7, 11) is 0. The van der Waals surface area contributed by atoms with E-state index in [4.69, 9.17) is 0 Å². The molecule has 4 heterocycles. The average Bonchev–Trinajstić information content (AvgIpc) is 3.21. The maximum Gasteiger partial charge on any atom is 0.258 e. The largest absolute Gasteiger partial charge is 0.348 e. The third-order valence-corrected chi connectivity index (χ3v) is 5.04. The van der Waals surface area contributed by atoms with Crippen molar-refractivity contribution < 1.29 is 4.79 Å². The first-order valence-electron chi connectivity index (χ1n) is 8.37. The summed E-state index contributed by atoms with van der Waals surface area (Å²) in [5.74, 6) is -0.285. The van der Waals surface area contributed by atoms with E-state index in [-0.39, 0.29) is 11.5 Å². The molecule has 0 spiro atoms. The van der Waals surface area contributed by atoms with Crippen LogP contribution in [0.15, 0.2) is 65.2 Å². The van der Waals surface area contributed by atoms with Crippen LogP contribution in [-0.2, 0) is 6.54 Å². The van der Waals surface area contributed by atoms with Crippen molar-refractivity contribution in [2.75, 3.05) is 0 Å². The lowest BCUT2D eigenvalue weighted by atomic mass is 10.1. The first-order chi connectivity index (χ1) is 13.1. The Morgan fingerprint density at radius 3 is 2.93 bits per heavy atom. The SMILES string of the molecule is Cc1cc(=O)n2cccc(C(=O)NCc3cncc(-c4cccs4)c3)c2n1.